The lowest BCUT2D eigenvalue weighted by atomic mass is 10.4. The van der Waals surface area contributed by atoms with Crippen molar-refractivity contribution in [2.45, 2.75) is 6.18 Å². The Bertz CT molecular complexity index is 565. The van der Waals surface area contributed by atoms with Crippen LogP contribution in [0.5, 0.6) is 0 Å². The number of imidazole rings is 1. The van der Waals surface area contributed by atoms with Crippen molar-refractivity contribution in [1.29, 1.82) is 0 Å². The third-order valence-corrected chi connectivity index (χ3v) is 1.93. The molecule has 0 amide bonds. The molecule has 0 fully saturated rings. The van der Waals surface area contributed by atoms with Crippen molar-refractivity contribution in [1.82, 2.24) is 19.7 Å². The molecule has 16 heavy (non-hydrogen) atoms. The first-order valence-corrected chi connectivity index (χ1v) is 4.05. The maximum absolute atomic E-state index is 12.4. The van der Waals surface area contributed by atoms with Crippen LogP contribution in [0.25, 0.3) is 11.6 Å². The van der Waals surface area contributed by atoms with Crippen LogP contribution in [-0.4, -0.2) is 19.7 Å². The highest BCUT2D eigenvalue weighted by Crippen LogP contribution is 2.30. The summed E-state index contributed by atoms with van der Waals surface area (Å²) >= 11 is 0. The lowest BCUT2D eigenvalue weighted by Crippen LogP contribution is -2.11. The van der Waals surface area contributed by atoms with Gasteiger partial charge < -0.3 is 4.57 Å². The van der Waals surface area contributed by atoms with Gasteiger partial charge in [0, 0.05) is 7.05 Å². The number of aromatic nitrogens is 4. The predicted molar refractivity (Wildman–Crippen MR) is 44.3 cm³/mol. The molecule has 2 aromatic rings. The van der Waals surface area contributed by atoms with Gasteiger partial charge in [0.25, 0.3) is 0 Å². The molecule has 0 spiro atoms. The summed E-state index contributed by atoms with van der Waals surface area (Å²) in [7, 11) is 1.16. The summed E-state index contributed by atoms with van der Waals surface area (Å²) in [6.07, 6.45) is -3.85. The van der Waals surface area contributed by atoms with Crippen molar-refractivity contribution in [3.05, 3.63) is 22.4 Å². The van der Waals surface area contributed by atoms with E-state index >= 15 is 0 Å². The lowest BCUT2D eigenvalue weighted by molar-refractivity contribution is -0.143. The quantitative estimate of drug-likeness (QED) is 0.791. The molecule has 6 nitrogen and oxygen atoms in total. The highest BCUT2D eigenvalue weighted by molar-refractivity contribution is 5.43. The summed E-state index contributed by atoms with van der Waals surface area (Å²) in [5, 5.41) is 3.25. The van der Waals surface area contributed by atoms with Gasteiger partial charge in [-0.3, -0.25) is 9.51 Å². The topological polar surface area (TPSA) is 76.7 Å². The number of hydrogen-bond donors (Lipinski definition) is 1. The molecule has 2 heterocycles. The zero-order valence-corrected chi connectivity index (χ0v) is 7.87. The average molecular weight is 234 g/mol. The number of alkyl halides is 3. The second kappa shape index (κ2) is 3.22. The van der Waals surface area contributed by atoms with Crippen LogP contribution >= 0.6 is 0 Å². The number of H-pyrrole nitrogens is 1. The van der Waals surface area contributed by atoms with Crippen LogP contribution in [0.2, 0.25) is 0 Å². The van der Waals surface area contributed by atoms with Crippen molar-refractivity contribution in [3.63, 3.8) is 0 Å². The highest BCUT2D eigenvalue weighted by atomic mass is 19.4. The summed E-state index contributed by atoms with van der Waals surface area (Å²) in [5.74, 6) is -1.13. The lowest BCUT2D eigenvalue weighted by Gasteiger charge is -2.06. The summed E-state index contributed by atoms with van der Waals surface area (Å²) in [4.78, 5) is 16.3. The van der Waals surface area contributed by atoms with Gasteiger partial charge in [-0.1, -0.05) is 5.16 Å². The summed E-state index contributed by atoms with van der Waals surface area (Å²) in [5.41, 5.74) is -0.939. The van der Waals surface area contributed by atoms with E-state index in [0.717, 1.165) is 11.6 Å². The van der Waals surface area contributed by atoms with Crippen LogP contribution in [0.15, 0.2) is 15.5 Å². The molecule has 0 saturated heterocycles. The standard InChI is InChI=1S/C7H5F3N4O2/c1-14-3(7(8,9)10)2-11-5(14)4-12-6(15)16-13-4/h2H,1H3,(H,12,13,15). The van der Waals surface area contributed by atoms with E-state index in [1.807, 2.05) is 0 Å². The summed E-state index contributed by atoms with van der Waals surface area (Å²) in [6, 6.07) is 0. The van der Waals surface area contributed by atoms with Gasteiger partial charge in [0.05, 0.1) is 6.20 Å². The van der Waals surface area contributed by atoms with Crippen molar-refractivity contribution < 1.29 is 17.7 Å². The Morgan fingerprint density at radius 3 is 2.62 bits per heavy atom. The molecular formula is C7H5F3N4O2. The monoisotopic (exact) mass is 234 g/mol. The Kier molecular flexibility index (Phi) is 2.10. The number of nitrogens with zero attached hydrogens (tertiary/aromatic N) is 3. The van der Waals surface area contributed by atoms with Gasteiger partial charge in [-0.05, 0) is 0 Å². The molecule has 0 aliphatic carbocycles. The van der Waals surface area contributed by atoms with Crippen LogP contribution in [0.3, 0.4) is 0 Å². The van der Waals surface area contributed by atoms with Crippen molar-refractivity contribution >= 4 is 0 Å². The van der Waals surface area contributed by atoms with Gasteiger partial charge in [-0.15, -0.1) is 0 Å². The minimum atomic E-state index is -4.51. The predicted octanol–water partition coefficient (Wildman–Crippen LogP) is 0.782. The van der Waals surface area contributed by atoms with Gasteiger partial charge in [0.2, 0.25) is 5.82 Å². The minimum Gasteiger partial charge on any atom is -0.321 e. The molecule has 1 N–H and O–H groups in total. The maximum Gasteiger partial charge on any atom is 0.439 e. The van der Waals surface area contributed by atoms with E-state index in [4.69, 9.17) is 0 Å². The summed E-state index contributed by atoms with van der Waals surface area (Å²) < 4.78 is 42.2. The maximum atomic E-state index is 12.4. The Morgan fingerprint density at radius 2 is 2.19 bits per heavy atom. The third-order valence-electron chi connectivity index (χ3n) is 1.93. The minimum absolute atomic E-state index is 0.127. The van der Waals surface area contributed by atoms with Gasteiger partial charge in [-0.25, -0.2) is 9.78 Å². The van der Waals surface area contributed by atoms with E-state index in [-0.39, 0.29) is 11.6 Å². The average Bonchev–Trinajstić information content (AvgIpc) is 2.70. The number of aromatic amines is 1. The van der Waals surface area contributed by atoms with Crippen LogP contribution in [0.4, 0.5) is 13.2 Å². The van der Waals surface area contributed by atoms with E-state index in [1.54, 1.807) is 0 Å². The Hall–Kier alpha value is -2.06. The third kappa shape index (κ3) is 1.59. The molecule has 0 bridgehead atoms. The van der Waals surface area contributed by atoms with Crippen LogP contribution in [0.1, 0.15) is 5.69 Å². The van der Waals surface area contributed by atoms with E-state index in [9.17, 15) is 18.0 Å². The smallest absolute Gasteiger partial charge is 0.321 e. The molecule has 2 aromatic heterocycles. The summed E-state index contributed by atoms with van der Waals surface area (Å²) in [6.45, 7) is 0. The number of hydrogen-bond acceptors (Lipinski definition) is 4. The van der Waals surface area contributed by atoms with Crippen LogP contribution < -0.4 is 5.76 Å². The van der Waals surface area contributed by atoms with E-state index < -0.39 is 17.6 Å². The molecular weight excluding hydrogens is 229 g/mol. The van der Waals surface area contributed by atoms with Crippen molar-refractivity contribution in [2.24, 2.45) is 7.05 Å². The Balaban J connectivity index is 2.53. The Labute approximate surface area is 85.7 Å². The normalized spacial score (nSPS) is 12.0. The van der Waals surface area contributed by atoms with E-state index in [2.05, 4.69) is 19.6 Å². The van der Waals surface area contributed by atoms with Gasteiger partial charge in [0.1, 0.15) is 5.69 Å². The molecule has 0 saturated carbocycles. The van der Waals surface area contributed by atoms with Crippen LogP contribution in [-0.2, 0) is 13.2 Å². The van der Waals surface area contributed by atoms with Gasteiger partial charge >= 0.3 is 11.9 Å². The molecule has 0 aliphatic rings. The first-order valence-electron chi connectivity index (χ1n) is 4.05. The fourth-order valence-corrected chi connectivity index (χ4v) is 1.22. The van der Waals surface area contributed by atoms with E-state index in [0.29, 0.717) is 6.20 Å². The zero-order valence-electron chi connectivity index (χ0n) is 7.87. The molecule has 0 atom stereocenters. The van der Waals surface area contributed by atoms with Crippen LogP contribution in [0, 0.1) is 0 Å². The van der Waals surface area contributed by atoms with Crippen molar-refractivity contribution in [2.75, 3.05) is 0 Å². The fourth-order valence-electron chi connectivity index (χ4n) is 1.22. The number of halogens is 3. The zero-order chi connectivity index (χ0) is 11.9. The van der Waals surface area contributed by atoms with Gasteiger partial charge in [0.15, 0.2) is 5.82 Å². The largest absolute Gasteiger partial charge is 0.439 e. The highest BCUT2D eigenvalue weighted by Gasteiger charge is 2.35. The Morgan fingerprint density at radius 1 is 1.50 bits per heavy atom. The SMILES string of the molecule is Cn1c(C(F)(F)F)cnc1-c1noc(=O)[nH]1. The molecule has 0 unspecified atom stereocenters. The molecule has 86 valence electrons. The number of rotatable bonds is 1. The molecule has 0 radical (unpaired) electrons. The second-order valence-electron chi connectivity index (χ2n) is 2.97. The fraction of sp³-hybridized carbons (Fsp3) is 0.286. The van der Waals surface area contributed by atoms with E-state index in [1.165, 1.54) is 0 Å². The molecule has 2 rings (SSSR count). The number of nitrogens with one attached hydrogen (secondary N) is 1. The first-order chi connectivity index (χ1) is 7.39. The second-order valence-corrected chi connectivity index (χ2v) is 2.97. The van der Waals surface area contributed by atoms with Gasteiger partial charge in [-0.2, -0.15) is 13.2 Å². The molecule has 9 heteroatoms. The molecule has 0 aromatic carbocycles. The molecule has 0 aliphatic heterocycles. The van der Waals surface area contributed by atoms with Crippen molar-refractivity contribution in [3.8, 4) is 11.6 Å². The first kappa shape index (κ1) is 10.5.